The summed E-state index contributed by atoms with van der Waals surface area (Å²) >= 11 is 0. The van der Waals surface area contributed by atoms with Gasteiger partial charge in [0.1, 0.15) is 5.82 Å². The van der Waals surface area contributed by atoms with Crippen LogP contribution in [-0.4, -0.2) is 50.8 Å². The zero-order valence-electron chi connectivity index (χ0n) is 11.2. The molecule has 1 aliphatic rings. The maximum absolute atomic E-state index is 13.8. The summed E-state index contributed by atoms with van der Waals surface area (Å²) in [5.74, 6) is -0.201. The number of rotatable bonds is 6. The van der Waals surface area contributed by atoms with E-state index in [-0.39, 0.29) is 5.82 Å². The molecule has 19 heavy (non-hydrogen) atoms. The Balaban J connectivity index is 1.78. The van der Waals surface area contributed by atoms with Gasteiger partial charge in [0.25, 0.3) is 0 Å². The number of ether oxygens (including phenoxy) is 1. The van der Waals surface area contributed by atoms with Crippen molar-refractivity contribution in [2.75, 3.05) is 51.3 Å². The highest BCUT2D eigenvalue weighted by Crippen LogP contribution is 2.15. The quantitative estimate of drug-likeness (QED) is 0.809. The lowest BCUT2D eigenvalue weighted by molar-refractivity contribution is 0.0398. The molecule has 0 saturated carbocycles. The van der Waals surface area contributed by atoms with E-state index < -0.39 is 0 Å². The predicted molar refractivity (Wildman–Crippen MR) is 74.9 cm³/mol. The summed E-state index contributed by atoms with van der Waals surface area (Å²) in [6.07, 6.45) is 0.713. The van der Waals surface area contributed by atoms with E-state index in [0.717, 1.165) is 45.0 Å². The third kappa shape index (κ3) is 4.45. The summed E-state index contributed by atoms with van der Waals surface area (Å²) in [6, 6.07) is 5.27. The number of nitrogens with one attached hydrogen (secondary N) is 1. The molecule has 106 valence electrons. The van der Waals surface area contributed by atoms with Gasteiger partial charge in [-0.05, 0) is 30.7 Å². The average molecular weight is 267 g/mol. The molecular weight excluding hydrogens is 245 g/mol. The Kier molecular flexibility index (Phi) is 5.57. The zero-order valence-corrected chi connectivity index (χ0v) is 11.2. The van der Waals surface area contributed by atoms with Gasteiger partial charge in [-0.25, -0.2) is 4.39 Å². The van der Waals surface area contributed by atoms with Crippen molar-refractivity contribution in [1.82, 2.24) is 4.90 Å². The number of benzene rings is 1. The van der Waals surface area contributed by atoms with E-state index in [4.69, 9.17) is 10.5 Å². The highest BCUT2D eigenvalue weighted by molar-refractivity contribution is 5.46. The van der Waals surface area contributed by atoms with Gasteiger partial charge in [0, 0.05) is 26.2 Å². The van der Waals surface area contributed by atoms with Gasteiger partial charge in [-0.1, -0.05) is 6.07 Å². The van der Waals surface area contributed by atoms with Crippen LogP contribution in [-0.2, 0) is 11.2 Å². The van der Waals surface area contributed by atoms with Crippen molar-refractivity contribution in [2.24, 2.45) is 5.73 Å². The lowest BCUT2D eigenvalue weighted by Crippen LogP contribution is -2.39. The molecule has 1 aromatic carbocycles. The molecule has 0 radical (unpaired) electrons. The first kappa shape index (κ1) is 14.2. The zero-order chi connectivity index (χ0) is 13.5. The molecule has 5 heteroatoms. The number of morpholine rings is 1. The van der Waals surface area contributed by atoms with Gasteiger partial charge in [-0.15, -0.1) is 0 Å². The second-order valence-electron chi connectivity index (χ2n) is 4.73. The molecule has 0 aromatic heterocycles. The molecule has 4 nitrogen and oxygen atoms in total. The molecule has 2 rings (SSSR count). The van der Waals surface area contributed by atoms with Gasteiger partial charge in [0.05, 0.1) is 18.9 Å². The third-order valence-electron chi connectivity index (χ3n) is 3.31. The van der Waals surface area contributed by atoms with E-state index in [1.807, 2.05) is 6.07 Å². The van der Waals surface area contributed by atoms with Gasteiger partial charge in [-0.2, -0.15) is 0 Å². The van der Waals surface area contributed by atoms with Crippen molar-refractivity contribution in [3.05, 3.63) is 29.6 Å². The van der Waals surface area contributed by atoms with Crippen molar-refractivity contribution in [1.29, 1.82) is 0 Å². The number of nitrogens with two attached hydrogens (primary N) is 1. The maximum Gasteiger partial charge on any atom is 0.146 e. The second-order valence-corrected chi connectivity index (χ2v) is 4.73. The molecular formula is C14H22FN3O. The summed E-state index contributed by atoms with van der Waals surface area (Å²) in [7, 11) is 0. The summed E-state index contributed by atoms with van der Waals surface area (Å²) in [5.41, 5.74) is 6.96. The molecule has 0 bridgehead atoms. The number of anilines is 1. The molecule has 1 saturated heterocycles. The van der Waals surface area contributed by atoms with Gasteiger partial charge >= 0.3 is 0 Å². The molecule has 1 aromatic rings. The van der Waals surface area contributed by atoms with Crippen molar-refractivity contribution < 1.29 is 9.13 Å². The van der Waals surface area contributed by atoms with Crippen LogP contribution in [0, 0.1) is 5.82 Å². The van der Waals surface area contributed by atoms with E-state index in [1.54, 1.807) is 12.1 Å². The normalized spacial score (nSPS) is 16.5. The van der Waals surface area contributed by atoms with Crippen LogP contribution >= 0.6 is 0 Å². The highest BCUT2D eigenvalue weighted by Gasteiger charge is 2.10. The van der Waals surface area contributed by atoms with Crippen LogP contribution in [0.2, 0.25) is 0 Å². The summed E-state index contributed by atoms with van der Waals surface area (Å²) in [4.78, 5) is 2.32. The minimum Gasteiger partial charge on any atom is -0.381 e. The van der Waals surface area contributed by atoms with Crippen LogP contribution in [0.5, 0.6) is 0 Å². The molecule has 1 fully saturated rings. The third-order valence-corrected chi connectivity index (χ3v) is 3.31. The standard InChI is InChI=1S/C14H22FN3O/c15-13-11-12(3-4-16)1-2-14(13)17-5-6-18-7-9-19-10-8-18/h1-2,11,17H,3-10,16H2. The number of nitrogens with zero attached hydrogens (tertiary/aromatic N) is 1. The highest BCUT2D eigenvalue weighted by atomic mass is 19.1. The molecule has 1 heterocycles. The largest absolute Gasteiger partial charge is 0.381 e. The van der Waals surface area contributed by atoms with Gasteiger partial charge in [-0.3, -0.25) is 4.90 Å². The van der Waals surface area contributed by atoms with Crippen LogP contribution in [0.4, 0.5) is 10.1 Å². The maximum atomic E-state index is 13.8. The van der Waals surface area contributed by atoms with Gasteiger partial charge in [0.2, 0.25) is 0 Å². The van der Waals surface area contributed by atoms with Crippen LogP contribution in [0.3, 0.4) is 0 Å². The first-order valence-corrected chi connectivity index (χ1v) is 6.82. The first-order valence-electron chi connectivity index (χ1n) is 6.82. The Labute approximate surface area is 113 Å². The fraction of sp³-hybridized carbons (Fsp3) is 0.571. The minimum absolute atomic E-state index is 0.201. The van der Waals surface area contributed by atoms with Crippen molar-refractivity contribution in [3.63, 3.8) is 0 Å². The lowest BCUT2D eigenvalue weighted by Gasteiger charge is -2.26. The van der Waals surface area contributed by atoms with E-state index >= 15 is 0 Å². The van der Waals surface area contributed by atoms with Crippen LogP contribution < -0.4 is 11.1 Å². The summed E-state index contributed by atoms with van der Waals surface area (Å²) in [5, 5.41) is 3.14. The van der Waals surface area contributed by atoms with E-state index in [2.05, 4.69) is 10.2 Å². The molecule has 0 atom stereocenters. The van der Waals surface area contributed by atoms with Gasteiger partial charge < -0.3 is 15.8 Å². The smallest absolute Gasteiger partial charge is 0.146 e. The van der Waals surface area contributed by atoms with Crippen LogP contribution in [0.25, 0.3) is 0 Å². The van der Waals surface area contributed by atoms with Gasteiger partial charge in [0.15, 0.2) is 0 Å². The molecule has 0 spiro atoms. The van der Waals surface area contributed by atoms with Crippen molar-refractivity contribution >= 4 is 5.69 Å². The molecule has 0 amide bonds. The molecule has 0 unspecified atom stereocenters. The van der Waals surface area contributed by atoms with E-state index in [9.17, 15) is 4.39 Å². The van der Waals surface area contributed by atoms with Crippen molar-refractivity contribution in [2.45, 2.75) is 6.42 Å². The Bertz CT molecular complexity index is 394. The molecule has 0 aliphatic carbocycles. The fourth-order valence-corrected chi connectivity index (χ4v) is 2.20. The van der Waals surface area contributed by atoms with Crippen molar-refractivity contribution in [3.8, 4) is 0 Å². The monoisotopic (exact) mass is 267 g/mol. The topological polar surface area (TPSA) is 50.5 Å². The summed E-state index contributed by atoms with van der Waals surface area (Å²) in [6.45, 7) is 5.70. The fourth-order valence-electron chi connectivity index (χ4n) is 2.20. The predicted octanol–water partition coefficient (Wildman–Crippen LogP) is 1.07. The lowest BCUT2D eigenvalue weighted by atomic mass is 10.1. The Hall–Kier alpha value is -1.17. The summed E-state index contributed by atoms with van der Waals surface area (Å²) < 4.78 is 19.1. The number of halogens is 1. The minimum atomic E-state index is -0.201. The van der Waals surface area contributed by atoms with Crippen LogP contribution in [0.1, 0.15) is 5.56 Å². The SMILES string of the molecule is NCCc1ccc(NCCN2CCOCC2)c(F)c1. The number of hydrogen-bond donors (Lipinski definition) is 2. The average Bonchev–Trinajstić information content (AvgIpc) is 2.43. The Morgan fingerprint density at radius 1 is 1.32 bits per heavy atom. The number of hydrogen-bond acceptors (Lipinski definition) is 4. The van der Waals surface area contributed by atoms with Crippen LogP contribution in [0.15, 0.2) is 18.2 Å². The van der Waals surface area contributed by atoms with E-state index in [1.165, 1.54) is 0 Å². The molecule has 3 N–H and O–H groups in total. The van der Waals surface area contributed by atoms with E-state index in [0.29, 0.717) is 18.7 Å². The molecule has 1 aliphatic heterocycles. The second kappa shape index (κ2) is 7.43. The Morgan fingerprint density at radius 2 is 2.11 bits per heavy atom. The Morgan fingerprint density at radius 3 is 2.79 bits per heavy atom. The first-order chi connectivity index (χ1) is 9.29.